The Hall–Kier alpha value is -0.570. The number of carbonyl (C=O) groups excluding carboxylic acids is 1. The van der Waals surface area contributed by atoms with E-state index in [0.29, 0.717) is 11.8 Å². The molecule has 1 amide bonds. The van der Waals surface area contributed by atoms with Gasteiger partial charge in [0, 0.05) is 32.1 Å². The van der Waals surface area contributed by atoms with Gasteiger partial charge in [0.1, 0.15) is 0 Å². The van der Waals surface area contributed by atoms with Crippen molar-refractivity contribution in [2.75, 3.05) is 32.7 Å². The Morgan fingerprint density at radius 1 is 0.900 bits per heavy atom. The quantitative estimate of drug-likeness (QED) is 0.772. The van der Waals surface area contributed by atoms with Gasteiger partial charge >= 0.3 is 0 Å². The van der Waals surface area contributed by atoms with Gasteiger partial charge in [-0.05, 0) is 62.3 Å². The molecule has 0 aromatic heterocycles. The molecule has 0 N–H and O–H groups in total. The Morgan fingerprint density at radius 3 is 1.95 bits per heavy atom. The number of carbonyl (C=O) groups is 1. The highest BCUT2D eigenvalue weighted by Gasteiger charge is 2.51. The second-order valence-electron chi connectivity index (χ2n) is 7.72. The first-order chi connectivity index (χ1) is 9.74. The molecule has 1 heterocycles. The molecule has 0 unspecified atom stereocenters. The van der Waals surface area contributed by atoms with Gasteiger partial charge in [0.2, 0.25) is 5.91 Å². The van der Waals surface area contributed by atoms with Gasteiger partial charge in [-0.25, -0.2) is 0 Å². The van der Waals surface area contributed by atoms with Crippen LogP contribution in [0, 0.1) is 29.6 Å². The molecule has 0 atom stereocenters. The summed E-state index contributed by atoms with van der Waals surface area (Å²) in [5.41, 5.74) is 0. The summed E-state index contributed by atoms with van der Waals surface area (Å²) in [6, 6.07) is 0. The summed E-state index contributed by atoms with van der Waals surface area (Å²) >= 11 is 0. The average molecular weight is 276 g/mol. The maximum Gasteiger partial charge on any atom is 0.226 e. The highest BCUT2D eigenvalue weighted by atomic mass is 16.2. The van der Waals surface area contributed by atoms with Crippen molar-refractivity contribution in [2.24, 2.45) is 29.6 Å². The van der Waals surface area contributed by atoms with Crippen LogP contribution in [0.2, 0.25) is 0 Å². The van der Waals surface area contributed by atoms with Crippen LogP contribution in [0.5, 0.6) is 0 Å². The number of piperazine rings is 1. The number of hydrogen-bond acceptors (Lipinski definition) is 2. The molecule has 0 spiro atoms. The molecule has 3 nitrogen and oxygen atoms in total. The number of likely N-dealkylation sites (N-methyl/N-ethyl adjacent to an activating group) is 1. The standard InChI is InChI=1S/C17H28N2O/c1-2-18-3-5-19(6-4-18)17(20)16-14-8-12-7-13(10-14)11-15(16)9-12/h12-16H,2-11H2,1H3. The fraction of sp³-hybridized carbons (Fsp3) is 0.941. The van der Waals surface area contributed by atoms with Gasteiger partial charge in [-0.3, -0.25) is 4.79 Å². The third-order valence-corrected chi connectivity index (χ3v) is 6.64. The number of amides is 1. The summed E-state index contributed by atoms with van der Waals surface area (Å²) in [6.07, 6.45) is 6.91. The van der Waals surface area contributed by atoms with E-state index >= 15 is 0 Å². The summed E-state index contributed by atoms with van der Waals surface area (Å²) in [6.45, 7) is 7.44. The van der Waals surface area contributed by atoms with E-state index in [1.807, 2.05) is 0 Å². The highest BCUT2D eigenvalue weighted by molar-refractivity contribution is 5.80. The minimum absolute atomic E-state index is 0.399. The van der Waals surface area contributed by atoms with Crippen LogP contribution in [0.15, 0.2) is 0 Å². The van der Waals surface area contributed by atoms with Crippen LogP contribution < -0.4 is 0 Å². The molecule has 0 radical (unpaired) electrons. The zero-order chi connectivity index (χ0) is 13.7. The molecule has 5 rings (SSSR count). The van der Waals surface area contributed by atoms with E-state index in [4.69, 9.17) is 0 Å². The van der Waals surface area contributed by atoms with Crippen LogP contribution in [-0.2, 0) is 4.79 Å². The normalized spacial score (nSPS) is 44.0. The van der Waals surface area contributed by atoms with Gasteiger partial charge in [0.15, 0.2) is 0 Å². The van der Waals surface area contributed by atoms with Crippen LogP contribution in [0.1, 0.15) is 39.0 Å². The van der Waals surface area contributed by atoms with E-state index in [-0.39, 0.29) is 0 Å². The molecular formula is C17H28N2O. The number of rotatable bonds is 2. The van der Waals surface area contributed by atoms with Crippen molar-refractivity contribution in [3.63, 3.8) is 0 Å². The van der Waals surface area contributed by atoms with Crippen molar-refractivity contribution in [1.82, 2.24) is 9.80 Å². The summed E-state index contributed by atoms with van der Waals surface area (Å²) in [4.78, 5) is 17.6. The van der Waals surface area contributed by atoms with Crippen LogP contribution in [-0.4, -0.2) is 48.4 Å². The fourth-order valence-electron chi connectivity index (χ4n) is 5.82. The molecule has 5 aliphatic rings. The van der Waals surface area contributed by atoms with Gasteiger partial charge in [-0.2, -0.15) is 0 Å². The van der Waals surface area contributed by atoms with Gasteiger partial charge in [0.05, 0.1) is 0 Å². The predicted octanol–water partition coefficient (Wildman–Crippen LogP) is 2.22. The lowest BCUT2D eigenvalue weighted by Gasteiger charge is -2.54. The number of hydrogen-bond donors (Lipinski definition) is 0. The van der Waals surface area contributed by atoms with Crippen molar-refractivity contribution >= 4 is 5.91 Å². The van der Waals surface area contributed by atoms with E-state index < -0.39 is 0 Å². The Morgan fingerprint density at radius 2 is 1.45 bits per heavy atom. The molecule has 0 aromatic carbocycles. The van der Waals surface area contributed by atoms with Crippen molar-refractivity contribution in [1.29, 1.82) is 0 Å². The maximum absolute atomic E-state index is 13.0. The molecule has 4 bridgehead atoms. The topological polar surface area (TPSA) is 23.6 Å². The molecule has 1 aliphatic heterocycles. The second kappa shape index (κ2) is 5.01. The second-order valence-corrected chi connectivity index (χ2v) is 7.72. The van der Waals surface area contributed by atoms with Gasteiger partial charge in [-0.15, -0.1) is 0 Å². The molecule has 112 valence electrons. The van der Waals surface area contributed by atoms with Crippen molar-refractivity contribution in [2.45, 2.75) is 39.0 Å². The Labute approximate surface area is 122 Å². The average Bonchev–Trinajstić information content (AvgIpc) is 2.46. The van der Waals surface area contributed by atoms with E-state index in [0.717, 1.165) is 56.4 Å². The van der Waals surface area contributed by atoms with Gasteiger partial charge < -0.3 is 9.80 Å². The first-order valence-electron chi connectivity index (χ1n) is 8.75. The summed E-state index contributed by atoms with van der Waals surface area (Å²) < 4.78 is 0. The SMILES string of the molecule is CCN1CCN(C(=O)C2C3CC4CC(C3)CC2C4)CC1. The maximum atomic E-state index is 13.0. The molecule has 4 aliphatic carbocycles. The van der Waals surface area contributed by atoms with Crippen LogP contribution in [0.25, 0.3) is 0 Å². The monoisotopic (exact) mass is 276 g/mol. The largest absolute Gasteiger partial charge is 0.340 e. The van der Waals surface area contributed by atoms with E-state index in [2.05, 4.69) is 16.7 Å². The Balaban J connectivity index is 1.44. The molecule has 4 saturated carbocycles. The minimum atomic E-state index is 0.399. The van der Waals surface area contributed by atoms with E-state index in [1.165, 1.54) is 32.1 Å². The van der Waals surface area contributed by atoms with Gasteiger partial charge in [0.25, 0.3) is 0 Å². The minimum Gasteiger partial charge on any atom is -0.340 e. The van der Waals surface area contributed by atoms with Crippen molar-refractivity contribution < 1.29 is 4.79 Å². The zero-order valence-electron chi connectivity index (χ0n) is 12.8. The number of nitrogens with zero attached hydrogens (tertiary/aromatic N) is 2. The summed E-state index contributed by atoms with van der Waals surface area (Å²) in [7, 11) is 0. The van der Waals surface area contributed by atoms with E-state index in [1.54, 1.807) is 0 Å². The first kappa shape index (κ1) is 13.1. The molecule has 1 saturated heterocycles. The van der Waals surface area contributed by atoms with E-state index in [9.17, 15) is 4.79 Å². The Kier molecular flexibility index (Phi) is 3.29. The van der Waals surface area contributed by atoms with Crippen molar-refractivity contribution in [3.8, 4) is 0 Å². The molecule has 20 heavy (non-hydrogen) atoms. The third-order valence-electron chi connectivity index (χ3n) is 6.64. The van der Waals surface area contributed by atoms with Crippen LogP contribution in [0.4, 0.5) is 0 Å². The summed E-state index contributed by atoms with van der Waals surface area (Å²) in [5.74, 6) is 4.34. The van der Waals surface area contributed by atoms with Crippen LogP contribution in [0.3, 0.4) is 0 Å². The molecular weight excluding hydrogens is 248 g/mol. The lowest BCUT2D eigenvalue weighted by Crippen LogP contribution is -2.55. The van der Waals surface area contributed by atoms with Crippen LogP contribution >= 0.6 is 0 Å². The predicted molar refractivity (Wildman–Crippen MR) is 79.2 cm³/mol. The third kappa shape index (κ3) is 2.09. The smallest absolute Gasteiger partial charge is 0.226 e. The lowest BCUT2D eigenvalue weighted by atomic mass is 9.51. The lowest BCUT2D eigenvalue weighted by molar-refractivity contribution is -0.150. The molecule has 5 fully saturated rings. The van der Waals surface area contributed by atoms with Gasteiger partial charge in [-0.1, -0.05) is 6.92 Å². The zero-order valence-corrected chi connectivity index (χ0v) is 12.8. The highest BCUT2D eigenvalue weighted by Crippen LogP contribution is 2.56. The first-order valence-corrected chi connectivity index (χ1v) is 8.75. The molecule has 0 aromatic rings. The van der Waals surface area contributed by atoms with Crippen molar-refractivity contribution in [3.05, 3.63) is 0 Å². The molecule has 3 heteroatoms. The summed E-state index contributed by atoms with van der Waals surface area (Å²) in [5, 5.41) is 0. The Bertz CT molecular complexity index is 358. The fourth-order valence-corrected chi connectivity index (χ4v) is 5.82.